The molecule has 1 saturated heterocycles. The number of aliphatic hydroxyl groups is 7. The van der Waals surface area contributed by atoms with Crippen molar-refractivity contribution in [2.45, 2.75) is 49.0 Å². The Kier molecular flexibility index (Phi) is 11.6. The quantitative estimate of drug-likeness (QED) is 0.0818. The summed E-state index contributed by atoms with van der Waals surface area (Å²) in [4.78, 5) is 58.0. The number of nitrogens with one attached hydrogen (secondary N) is 1. The van der Waals surface area contributed by atoms with Crippen LogP contribution >= 0.6 is 15.6 Å². The topological polar surface area (TPSA) is 371 Å². The summed E-state index contributed by atoms with van der Waals surface area (Å²) in [7, 11) is -10.5. The van der Waals surface area contributed by atoms with E-state index in [9.17, 15) is 33.8 Å². The van der Waals surface area contributed by atoms with Crippen LogP contribution in [0.1, 0.15) is 6.23 Å². The number of nitrogen functional groups attached to an aromatic ring is 1. The maximum absolute atomic E-state index is 11.8. The van der Waals surface area contributed by atoms with Gasteiger partial charge in [0.2, 0.25) is 5.95 Å². The molecule has 1 fully saturated rings. The number of anilines is 1. The van der Waals surface area contributed by atoms with Gasteiger partial charge < -0.3 is 65.7 Å². The molecular weight excluding hydrogens is 596 g/mol. The Bertz CT molecular complexity index is 1300. The van der Waals surface area contributed by atoms with Gasteiger partial charge in [-0.1, -0.05) is 0 Å². The first-order valence-electron chi connectivity index (χ1n) is 10.7. The molecular formula is C16H27N5O17P2. The largest absolute Gasteiger partial charge is 0.481 e. The number of H-pyrrole nitrogens is 1. The number of carbonyl (C=O) groups is 1. The Labute approximate surface area is 221 Å². The van der Waals surface area contributed by atoms with Crippen molar-refractivity contribution >= 4 is 39.0 Å². The summed E-state index contributed by atoms with van der Waals surface area (Å²) in [6.07, 6.45) is -11.7. The predicted octanol–water partition coefficient (Wildman–Crippen LogP) is -5.83. The SMILES string of the molecule is Nc1nc2c(ncn2[C@@H]2O[C@H](COP(=O)(O)OP(=O)(O)O)[C@@H](O)[C@H]2O)c(=O)[nH]1.O=C[C@@H](O)[C@H](O)[C@H](O)[C@@H](O)CO. The van der Waals surface area contributed by atoms with Crippen molar-refractivity contribution in [3.8, 4) is 0 Å². The number of aromatic amines is 1. The van der Waals surface area contributed by atoms with Crippen LogP contribution in [0, 0.1) is 0 Å². The molecule has 1 aliphatic heterocycles. The van der Waals surface area contributed by atoms with Gasteiger partial charge in [0.05, 0.1) is 19.5 Å². The number of ether oxygens (including phenoxy) is 1. The van der Waals surface area contributed by atoms with E-state index >= 15 is 0 Å². The second-order valence-corrected chi connectivity index (χ2v) is 10.8. The fourth-order valence-corrected chi connectivity index (χ4v) is 4.77. The van der Waals surface area contributed by atoms with Crippen molar-refractivity contribution in [2.24, 2.45) is 0 Å². The summed E-state index contributed by atoms with van der Waals surface area (Å²) < 4.78 is 36.6. The molecule has 0 spiro atoms. The third-order valence-corrected chi connectivity index (χ3v) is 7.25. The smallest absolute Gasteiger partial charge is 0.394 e. The van der Waals surface area contributed by atoms with E-state index < -0.39 is 83.4 Å². The first-order valence-corrected chi connectivity index (χ1v) is 13.7. The molecule has 0 aliphatic carbocycles. The highest BCUT2D eigenvalue weighted by Gasteiger charge is 2.46. The van der Waals surface area contributed by atoms with Crippen LogP contribution in [0.4, 0.5) is 5.95 Å². The molecule has 0 radical (unpaired) electrons. The number of fused-ring (bicyclic) bond motifs is 1. The maximum Gasteiger partial charge on any atom is 0.481 e. The van der Waals surface area contributed by atoms with Gasteiger partial charge in [-0.05, 0) is 0 Å². The molecule has 228 valence electrons. The molecule has 3 heterocycles. The number of imidazole rings is 1. The summed E-state index contributed by atoms with van der Waals surface area (Å²) in [6, 6.07) is 0. The second kappa shape index (κ2) is 13.6. The van der Waals surface area contributed by atoms with Gasteiger partial charge in [-0.15, -0.1) is 0 Å². The fraction of sp³-hybridized carbons (Fsp3) is 0.625. The Morgan fingerprint density at radius 1 is 1.15 bits per heavy atom. The van der Waals surface area contributed by atoms with Crippen LogP contribution in [-0.4, -0.2) is 132 Å². The van der Waals surface area contributed by atoms with Crippen molar-refractivity contribution < 1.29 is 77.9 Å². The lowest BCUT2D eigenvalue weighted by atomic mass is 10.0. The predicted molar refractivity (Wildman–Crippen MR) is 125 cm³/mol. The van der Waals surface area contributed by atoms with Crippen LogP contribution in [0.15, 0.2) is 11.1 Å². The zero-order chi connectivity index (χ0) is 30.6. The molecule has 3 rings (SSSR count). The van der Waals surface area contributed by atoms with Gasteiger partial charge in [-0.2, -0.15) is 9.29 Å². The first kappa shape index (κ1) is 34.0. The van der Waals surface area contributed by atoms with Crippen molar-refractivity contribution in [3.63, 3.8) is 0 Å². The van der Waals surface area contributed by atoms with Crippen LogP contribution in [-0.2, 0) is 27.5 Å². The highest BCUT2D eigenvalue weighted by molar-refractivity contribution is 7.60. The minimum atomic E-state index is -5.32. The zero-order valence-electron chi connectivity index (χ0n) is 19.8. The molecule has 13 N–H and O–H groups in total. The molecule has 22 nitrogen and oxygen atoms in total. The highest BCUT2D eigenvalue weighted by Crippen LogP contribution is 2.57. The van der Waals surface area contributed by atoms with Crippen LogP contribution in [0.3, 0.4) is 0 Å². The van der Waals surface area contributed by atoms with Crippen molar-refractivity contribution in [1.82, 2.24) is 19.5 Å². The van der Waals surface area contributed by atoms with Gasteiger partial charge in [0.25, 0.3) is 5.56 Å². The molecule has 0 aromatic carbocycles. The van der Waals surface area contributed by atoms with Gasteiger partial charge in [0, 0.05) is 0 Å². The summed E-state index contributed by atoms with van der Waals surface area (Å²) >= 11 is 0. The number of aldehydes is 1. The number of aromatic nitrogens is 4. The average molecular weight is 623 g/mol. The minimum absolute atomic E-state index is 0.0258. The van der Waals surface area contributed by atoms with Crippen LogP contribution in [0.25, 0.3) is 11.2 Å². The van der Waals surface area contributed by atoms with Crippen molar-refractivity contribution in [2.75, 3.05) is 18.9 Å². The van der Waals surface area contributed by atoms with E-state index in [-0.39, 0.29) is 23.4 Å². The fourth-order valence-electron chi connectivity index (χ4n) is 3.17. The number of carbonyl (C=O) groups excluding carboxylic acids is 1. The van der Waals surface area contributed by atoms with Crippen LogP contribution in [0.2, 0.25) is 0 Å². The number of hydrogen-bond acceptors (Lipinski definition) is 17. The standard InChI is InChI=1S/C10H15N5O11P2.C6H12O6/c11-10-13-7-4(8(18)14-10)12-2-15(7)9-6(17)5(16)3(25-9)1-24-28(22,23)26-27(19,20)21;7-1-3(9)5(11)6(12)4(10)2-8/h2-3,5-6,9,16-17H,1H2,(H,22,23)(H2,19,20,21)(H3,11,13,14,18);1,3-6,8-12H,2H2/t3-,5-,6-,9-;3-,4+,5+,6-/m11/s1. The third-order valence-electron chi connectivity index (χ3n) is 5.09. The monoisotopic (exact) mass is 623 g/mol. The Morgan fingerprint density at radius 2 is 1.77 bits per heavy atom. The highest BCUT2D eigenvalue weighted by atomic mass is 31.3. The Hall–Kier alpha value is -2.24. The van der Waals surface area contributed by atoms with E-state index in [2.05, 4.69) is 23.8 Å². The van der Waals surface area contributed by atoms with Gasteiger partial charge in [0.1, 0.15) is 42.7 Å². The number of nitrogens with zero attached hydrogens (tertiary/aromatic N) is 3. The zero-order valence-corrected chi connectivity index (χ0v) is 21.6. The molecule has 0 saturated carbocycles. The summed E-state index contributed by atoms with van der Waals surface area (Å²) in [5.41, 5.74) is 4.65. The lowest BCUT2D eigenvalue weighted by molar-refractivity contribution is -0.136. The van der Waals surface area contributed by atoms with Crippen LogP contribution in [0.5, 0.6) is 0 Å². The Balaban J connectivity index is 0.000000395. The van der Waals surface area contributed by atoms with Crippen molar-refractivity contribution in [3.05, 3.63) is 16.7 Å². The van der Waals surface area contributed by atoms with Gasteiger partial charge in [-0.3, -0.25) is 18.9 Å². The number of rotatable bonds is 11. The molecule has 1 aliphatic rings. The molecule has 0 amide bonds. The molecule has 40 heavy (non-hydrogen) atoms. The Morgan fingerprint density at radius 3 is 2.33 bits per heavy atom. The molecule has 1 unspecified atom stereocenters. The van der Waals surface area contributed by atoms with Gasteiger partial charge in [-0.25, -0.2) is 14.1 Å². The lowest BCUT2D eigenvalue weighted by Crippen LogP contribution is -2.46. The number of hydrogen-bond donors (Lipinski definition) is 12. The van der Waals surface area contributed by atoms with E-state index in [1.165, 1.54) is 0 Å². The van der Waals surface area contributed by atoms with Crippen LogP contribution < -0.4 is 11.3 Å². The normalized spacial score (nSPS) is 25.9. The van der Waals surface area contributed by atoms with E-state index in [0.717, 1.165) is 10.9 Å². The first-order chi connectivity index (χ1) is 18.4. The summed E-state index contributed by atoms with van der Waals surface area (Å²) in [5.74, 6) is -0.233. The number of phosphoric acid groups is 2. The molecule has 2 aromatic rings. The molecule has 2 aromatic heterocycles. The third kappa shape index (κ3) is 8.63. The number of nitrogens with two attached hydrogens (primary N) is 1. The van der Waals surface area contributed by atoms with Gasteiger partial charge >= 0.3 is 15.6 Å². The summed E-state index contributed by atoms with van der Waals surface area (Å²) in [5, 5.41) is 63.8. The second-order valence-electron chi connectivity index (χ2n) is 8.02. The average Bonchev–Trinajstić information content (AvgIpc) is 3.40. The number of phosphoric ester groups is 1. The molecule has 0 bridgehead atoms. The minimum Gasteiger partial charge on any atom is -0.394 e. The lowest BCUT2D eigenvalue weighted by Gasteiger charge is -2.22. The molecule has 9 atom stereocenters. The number of aliphatic hydroxyl groups excluding tert-OH is 7. The summed E-state index contributed by atoms with van der Waals surface area (Å²) in [6.45, 7) is -1.63. The van der Waals surface area contributed by atoms with Crippen molar-refractivity contribution in [1.29, 1.82) is 0 Å². The van der Waals surface area contributed by atoms with E-state index in [1.54, 1.807) is 0 Å². The molecule has 24 heteroatoms. The van der Waals surface area contributed by atoms with E-state index in [4.69, 9.17) is 45.8 Å². The van der Waals surface area contributed by atoms with E-state index in [0.29, 0.717) is 0 Å². The van der Waals surface area contributed by atoms with Gasteiger partial charge in [0.15, 0.2) is 23.7 Å². The van der Waals surface area contributed by atoms with E-state index in [1.807, 2.05) is 0 Å². The maximum atomic E-state index is 11.8.